The number of amides is 2. The van der Waals surface area contributed by atoms with Gasteiger partial charge in [-0.3, -0.25) is 9.80 Å². The number of benzene rings is 3. The Kier molecular flexibility index (Phi) is 5.63. The minimum Gasteiger partial charge on any atom is -0.406 e. The molecule has 182 valence electrons. The minimum absolute atomic E-state index is 0.0160. The summed E-state index contributed by atoms with van der Waals surface area (Å²) in [6.45, 7) is -0.154. The molecule has 6 nitrogen and oxygen atoms in total. The Morgan fingerprint density at radius 2 is 1.43 bits per heavy atom. The normalized spacial score (nSPS) is 21.4. The summed E-state index contributed by atoms with van der Waals surface area (Å²) in [5.41, 5.74) is -2.77. The highest BCUT2D eigenvalue weighted by atomic mass is 35.5. The van der Waals surface area contributed by atoms with Crippen molar-refractivity contribution in [2.45, 2.75) is 17.6 Å². The number of ether oxygens (including phenoxy) is 2. The lowest BCUT2D eigenvalue weighted by atomic mass is 9.78. The van der Waals surface area contributed by atoms with Crippen LogP contribution in [0.15, 0.2) is 72.8 Å². The highest BCUT2D eigenvalue weighted by Crippen LogP contribution is 2.54. The molecule has 5 rings (SSSR count). The maximum Gasteiger partial charge on any atom is 0.573 e. The zero-order valence-corrected chi connectivity index (χ0v) is 19.3. The maximum atomic E-state index is 13.9. The number of rotatable bonds is 4. The van der Waals surface area contributed by atoms with Crippen LogP contribution in [0.4, 0.5) is 29.3 Å². The van der Waals surface area contributed by atoms with Crippen LogP contribution in [-0.4, -0.2) is 36.3 Å². The van der Waals surface area contributed by atoms with Crippen molar-refractivity contribution in [3.8, 4) is 5.75 Å². The number of halogens is 5. The molecule has 2 fully saturated rings. The third-order valence-corrected chi connectivity index (χ3v) is 6.61. The number of aliphatic hydroxyl groups is 1. The lowest BCUT2D eigenvalue weighted by Crippen LogP contribution is -2.70. The standard InChI is InChI=1S/C24H17Cl2F3N2O4/c25-16-4-8-18(9-5-16)30-21(32)31(19-10-6-17(26)7-11-19)23(33,22(30)13-34-14-22)15-2-1-3-20(12-15)35-24(27,28)29/h1-12,33H,13-14H2. The highest BCUT2D eigenvalue weighted by molar-refractivity contribution is 6.31. The minimum atomic E-state index is -4.94. The molecule has 1 spiro atoms. The molecule has 1 atom stereocenters. The van der Waals surface area contributed by atoms with Crippen molar-refractivity contribution < 1.29 is 32.5 Å². The first kappa shape index (κ1) is 23.7. The summed E-state index contributed by atoms with van der Waals surface area (Å²) in [6.07, 6.45) is -4.94. The molecule has 2 amide bonds. The first-order chi connectivity index (χ1) is 16.5. The second-order valence-corrected chi connectivity index (χ2v) is 9.05. The van der Waals surface area contributed by atoms with Crippen molar-refractivity contribution in [1.82, 2.24) is 0 Å². The molecule has 0 radical (unpaired) electrons. The van der Waals surface area contributed by atoms with E-state index in [0.717, 1.165) is 17.0 Å². The first-order valence-corrected chi connectivity index (χ1v) is 11.1. The van der Waals surface area contributed by atoms with Crippen molar-refractivity contribution in [2.24, 2.45) is 0 Å². The molecule has 11 heteroatoms. The van der Waals surface area contributed by atoms with E-state index in [0.29, 0.717) is 15.7 Å². The van der Waals surface area contributed by atoms with Gasteiger partial charge in [-0.2, -0.15) is 0 Å². The van der Waals surface area contributed by atoms with Crippen LogP contribution < -0.4 is 14.5 Å². The predicted molar refractivity (Wildman–Crippen MR) is 124 cm³/mol. The van der Waals surface area contributed by atoms with Gasteiger partial charge in [0.05, 0.1) is 13.2 Å². The van der Waals surface area contributed by atoms with E-state index in [-0.39, 0.29) is 24.5 Å². The zero-order valence-electron chi connectivity index (χ0n) is 17.8. The van der Waals surface area contributed by atoms with Crippen LogP contribution in [0.1, 0.15) is 5.56 Å². The van der Waals surface area contributed by atoms with Crippen LogP contribution in [0.3, 0.4) is 0 Å². The molecule has 2 saturated heterocycles. The number of carbonyl (C=O) groups is 1. The molecular formula is C24H17Cl2F3N2O4. The van der Waals surface area contributed by atoms with E-state index in [1.165, 1.54) is 17.0 Å². The second-order valence-electron chi connectivity index (χ2n) is 8.18. The fraction of sp³-hybridized carbons (Fsp3) is 0.208. The molecule has 1 unspecified atom stereocenters. The SMILES string of the molecule is O=C1N(c2ccc(Cl)cc2)C2(COC2)C(O)(c2cccc(OC(F)(F)F)c2)N1c1ccc(Cl)cc1. The molecule has 0 aromatic heterocycles. The Morgan fingerprint density at radius 1 is 0.886 bits per heavy atom. The molecular weight excluding hydrogens is 508 g/mol. The van der Waals surface area contributed by atoms with Gasteiger partial charge in [-0.1, -0.05) is 35.3 Å². The molecule has 3 aromatic rings. The summed E-state index contributed by atoms with van der Waals surface area (Å²) in [5, 5.41) is 13.2. The fourth-order valence-electron chi connectivity index (χ4n) is 4.55. The summed E-state index contributed by atoms with van der Waals surface area (Å²) in [6, 6.07) is 16.9. The average Bonchev–Trinajstić information content (AvgIpc) is 2.99. The number of urea groups is 1. The Balaban J connectivity index is 1.72. The van der Waals surface area contributed by atoms with Crippen LogP contribution in [0.2, 0.25) is 10.0 Å². The largest absolute Gasteiger partial charge is 0.573 e. The van der Waals surface area contributed by atoms with E-state index in [1.54, 1.807) is 48.5 Å². The molecule has 0 bridgehead atoms. The second kappa shape index (κ2) is 8.30. The van der Waals surface area contributed by atoms with Crippen LogP contribution in [0.25, 0.3) is 0 Å². The Bertz CT molecular complexity index is 1270. The van der Waals surface area contributed by atoms with Crippen molar-refractivity contribution in [1.29, 1.82) is 0 Å². The smallest absolute Gasteiger partial charge is 0.406 e. The number of alkyl halides is 3. The summed E-state index contributed by atoms with van der Waals surface area (Å²) >= 11 is 12.1. The number of hydrogen-bond acceptors (Lipinski definition) is 4. The van der Waals surface area contributed by atoms with Crippen LogP contribution in [0.5, 0.6) is 5.75 Å². The fourth-order valence-corrected chi connectivity index (χ4v) is 4.81. The average molecular weight is 525 g/mol. The van der Waals surface area contributed by atoms with E-state index in [4.69, 9.17) is 27.9 Å². The topological polar surface area (TPSA) is 62.2 Å². The van der Waals surface area contributed by atoms with E-state index in [1.807, 2.05) is 0 Å². The van der Waals surface area contributed by atoms with Crippen LogP contribution in [0, 0.1) is 0 Å². The lowest BCUT2D eigenvalue weighted by Gasteiger charge is -2.51. The highest BCUT2D eigenvalue weighted by Gasteiger charge is 2.72. The zero-order chi connectivity index (χ0) is 25.0. The van der Waals surface area contributed by atoms with Gasteiger partial charge < -0.3 is 14.6 Å². The van der Waals surface area contributed by atoms with Gasteiger partial charge in [0.15, 0.2) is 0 Å². The Labute approximate surface area is 208 Å². The van der Waals surface area contributed by atoms with Gasteiger partial charge in [0.2, 0.25) is 5.72 Å². The van der Waals surface area contributed by atoms with E-state index in [2.05, 4.69) is 4.74 Å². The maximum absolute atomic E-state index is 13.9. The monoisotopic (exact) mass is 524 g/mol. The molecule has 0 aliphatic carbocycles. The number of hydrogen-bond donors (Lipinski definition) is 1. The number of carbonyl (C=O) groups excluding carboxylic acids is 1. The molecule has 0 saturated carbocycles. The van der Waals surface area contributed by atoms with Gasteiger partial charge in [-0.05, 0) is 60.7 Å². The van der Waals surface area contributed by atoms with Gasteiger partial charge in [-0.25, -0.2) is 4.79 Å². The summed E-state index contributed by atoms with van der Waals surface area (Å²) in [5.74, 6) is -0.535. The third-order valence-electron chi connectivity index (χ3n) is 6.10. The van der Waals surface area contributed by atoms with Gasteiger partial charge in [0, 0.05) is 27.0 Å². The molecule has 2 heterocycles. The summed E-state index contributed by atoms with van der Waals surface area (Å²) < 4.78 is 48.4. The quantitative estimate of drug-likeness (QED) is 0.457. The van der Waals surface area contributed by atoms with E-state index < -0.39 is 29.4 Å². The molecule has 2 aliphatic heterocycles. The molecule has 2 aliphatic rings. The van der Waals surface area contributed by atoms with Gasteiger partial charge in [0.1, 0.15) is 11.3 Å². The van der Waals surface area contributed by atoms with Crippen LogP contribution in [-0.2, 0) is 10.5 Å². The van der Waals surface area contributed by atoms with Crippen molar-refractivity contribution in [3.05, 3.63) is 88.4 Å². The number of nitrogens with zero attached hydrogens (tertiary/aromatic N) is 2. The van der Waals surface area contributed by atoms with Crippen LogP contribution >= 0.6 is 23.2 Å². The summed E-state index contributed by atoms with van der Waals surface area (Å²) in [4.78, 5) is 16.5. The third kappa shape index (κ3) is 3.79. The lowest BCUT2D eigenvalue weighted by molar-refractivity contribution is -0.274. The number of anilines is 2. The van der Waals surface area contributed by atoms with Crippen molar-refractivity contribution >= 4 is 40.6 Å². The molecule has 3 aromatic carbocycles. The van der Waals surface area contributed by atoms with Crippen molar-refractivity contribution in [2.75, 3.05) is 23.0 Å². The first-order valence-electron chi connectivity index (χ1n) is 10.4. The summed E-state index contributed by atoms with van der Waals surface area (Å²) in [7, 11) is 0. The molecule has 1 N–H and O–H groups in total. The van der Waals surface area contributed by atoms with E-state index >= 15 is 0 Å². The Hall–Kier alpha value is -2.98. The van der Waals surface area contributed by atoms with Gasteiger partial charge >= 0.3 is 12.4 Å². The Morgan fingerprint density at radius 3 is 1.91 bits per heavy atom. The van der Waals surface area contributed by atoms with Crippen molar-refractivity contribution in [3.63, 3.8) is 0 Å². The van der Waals surface area contributed by atoms with E-state index in [9.17, 15) is 23.1 Å². The molecule has 35 heavy (non-hydrogen) atoms. The van der Waals surface area contributed by atoms with Gasteiger partial charge in [-0.15, -0.1) is 13.2 Å². The predicted octanol–water partition coefficient (Wildman–Crippen LogP) is 5.95. The van der Waals surface area contributed by atoms with Gasteiger partial charge in [0.25, 0.3) is 0 Å².